The molecule has 23 heavy (non-hydrogen) atoms. The van der Waals surface area contributed by atoms with Gasteiger partial charge in [0.15, 0.2) is 0 Å². The van der Waals surface area contributed by atoms with Gasteiger partial charge in [0, 0.05) is 25.0 Å². The number of carbonyl (C=O) groups excluding carboxylic acids is 1. The Hall–Kier alpha value is -1.35. The molecule has 1 aliphatic carbocycles. The van der Waals surface area contributed by atoms with E-state index in [0.29, 0.717) is 5.91 Å². The molecule has 2 aliphatic rings. The first-order chi connectivity index (χ1) is 11.1. The van der Waals surface area contributed by atoms with E-state index in [0.717, 1.165) is 57.5 Å². The normalized spacial score (nSPS) is 25.7. The van der Waals surface area contributed by atoms with Gasteiger partial charge in [-0.2, -0.15) is 0 Å². The number of benzene rings is 1. The zero-order valence-corrected chi connectivity index (χ0v) is 14.3. The molecule has 2 fully saturated rings. The number of aryl methyl sites for hydroxylation is 2. The highest BCUT2D eigenvalue weighted by Crippen LogP contribution is 2.29. The standard InChI is InChI=1S/C20H30N2O/c1-15-2-4-16(5-3-15)6-7-17-10-12-22(13-11-17)20(23)18-8-9-19(21)14-18/h2-5,17-19H,6-14,21H2,1H3. The minimum Gasteiger partial charge on any atom is -0.342 e. The molecule has 0 aromatic heterocycles. The Labute approximate surface area is 140 Å². The van der Waals surface area contributed by atoms with Crippen molar-refractivity contribution in [3.8, 4) is 0 Å². The van der Waals surface area contributed by atoms with E-state index in [2.05, 4.69) is 36.1 Å². The van der Waals surface area contributed by atoms with Crippen LogP contribution < -0.4 is 5.73 Å². The first-order valence-electron chi connectivity index (χ1n) is 9.21. The summed E-state index contributed by atoms with van der Waals surface area (Å²) in [6.45, 7) is 4.03. The fourth-order valence-electron chi connectivity index (χ4n) is 4.07. The monoisotopic (exact) mass is 314 g/mol. The summed E-state index contributed by atoms with van der Waals surface area (Å²) in [6, 6.07) is 9.14. The van der Waals surface area contributed by atoms with Gasteiger partial charge in [0.25, 0.3) is 0 Å². The fourth-order valence-corrected chi connectivity index (χ4v) is 4.07. The minimum absolute atomic E-state index is 0.203. The second-order valence-electron chi connectivity index (χ2n) is 7.56. The number of nitrogens with two attached hydrogens (primary N) is 1. The van der Waals surface area contributed by atoms with Crippen molar-refractivity contribution in [1.82, 2.24) is 4.90 Å². The molecule has 3 rings (SSSR count). The SMILES string of the molecule is Cc1ccc(CCC2CCN(C(=O)C3CCC(N)C3)CC2)cc1. The molecule has 1 amide bonds. The average Bonchev–Trinajstić information content (AvgIpc) is 3.01. The highest BCUT2D eigenvalue weighted by Gasteiger charge is 2.32. The maximum absolute atomic E-state index is 12.5. The van der Waals surface area contributed by atoms with Gasteiger partial charge in [0.05, 0.1) is 0 Å². The van der Waals surface area contributed by atoms with Crippen LogP contribution in [0.2, 0.25) is 0 Å². The predicted molar refractivity (Wildman–Crippen MR) is 94.1 cm³/mol. The molecule has 3 heteroatoms. The van der Waals surface area contributed by atoms with Gasteiger partial charge in [-0.15, -0.1) is 0 Å². The topological polar surface area (TPSA) is 46.3 Å². The van der Waals surface area contributed by atoms with Crippen LogP contribution >= 0.6 is 0 Å². The number of nitrogens with zero attached hydrogens (tertiary/aromatic N) is 1. The molecule has 2 unspecified atom stereocenters. The molecule has 0 bridgehead atoms. The van der Waals surface area contributed by atoms with Crippen molar-refractivity contribution in [2.45, 2.75) is 57.9 Å². The van der Waals surface area contributed by atoms with Crippen LogP contribution in [0, 0.1) is 18.8 Å². The van der Waals surface area contributed by atoms with Gasteiger partial charge in [0.2, 0.25) is 5.91 Å². The lowest BCUT2D eigenvalue weighted by molar-refractivity contribution is -0.136. The van der Waals surface area contributed by atoms with E-state index in [-0.39, 0.29) is 12.0 Å². The maximum Gasteiger partial charge on any atom is 0.225 e. The first kappa shape index (κ1) is 16.5. The fraction of sp³-hybridized carbons (Fsp3) is 0.650. The summed E-state index contributed by atoms with van der Waals surface area (Å²) < 4.78 is 0. The van der Waals surface area contributed by atoms with Crippen LogP contribution in [0.5, 0.6) is 0 Å². The average molecular weight is 314 g/mol. The molecule has 3 nitrogen and oxygen atoms in total. The Morgan fingerprint density at radius 2 is 1.83 bits per heavy atom. The van der Waals surface area contributed by atoms with Crippen molar-refractivity contribution < 1.29 is 4.79 Å². The van der Waals surface area contributed by atoms with Crippen LogP contribution in [-0.4, -0.2) is 29.9 Å². The van der Waals surface area contributed by atoms with Crippen LogP contribution in [0.3, 0.4) is 0 Å². The Morgan fingerprint density at radius 3 is 2.43 bits per heavy atom. The van der Waals surface area contributed by atoms with Crippen LogP contribution in [-0.2, 0) is 11.2 Å². The lowest BCUT2D eigenvalue weighted by atomic mass is 9.90. The van der Waals surface area contributed by atoms with Crippen molar-refractivity contribution in [2.75, 3.05) is 13.1 Å². The molecule has 0 spiro atoms. The predicted octanol–water partition coefficient (Wildman–Crippen LogP) is 3.29. The molecule has 1 aliphatic heterocycles. The zero-order valence-electron chi connectivity index (χ0n) is 14.3. The van der Waals surface area contributed by atoms with Crippen LogP contribution in [0.15, 0.2) is 24.3 Å². The Morgan fingerprint density at radius 1 is 1.13 bits per heavy atom. The van der Waals surface area contributed by atoms with Crippen molar-refractivity contribution in [3.05, 3.63) is 35.4 Å². The molecule has 1 aromatic rings. The number of piperidine rings is 1. The highest BCUT2D eigenvalue weighted by molar-refractivity contribution is 5.79. The molecule has 1 saturated carbocycles. The quantitative estimate of drug-likeness (QED) is 0.927. The number of amides is 1. The minimum atomic E-state index is 0.203. The summed E-state index contributed by atoms with van der Waals surface area (Å²) in [4.78, 5) is 14.6. The van der Waals surface area contributed by atoms with Gasteiger partial charge < -0.3 is 10.6 Å². The maximum atomic E-state index is 12.5. The van der Waals surface area contributed by atoms with Crippen LogP contribution in [0.4, 0.5) is 0 Å². The van der Waals surface area contributed by atoms with E-state index in [1.165, 1.54) is 17.5 Å². The third kappa shape index (κ3) is 4.35. The van der Waals surface area contributed by atoms with Gasteiger partial charge in [-0.05, 0) is 63.4 Å². The molecule has 126 valence electrons. The zero-order chi connectivity index (χ0) is 16.2. The van der Waals surface area contributed by atoms with Gasteiger partial charge in [0.1, 0.15) is 0 Å². The highest BCUT2D eigenvalue weighted by atomic mass is 16.2. The first-order valence-corrected chi connectivity index (χ1v) is 9.21. The Balaban J connectivity index is 1.41. The van der Waals surface area contributed by atoms with E-state index in [9.17, 15) is 4.79 Å². The molecule has 1 heterocycles. The van der Waals surface area contributed by atoms with Crippen molar-refractivity contribution in [3.63, 3.8) is 0 Å². The summed E-state index contributed by atoms with van der Waals surface area (Å²) in [5, 5.41) is 0. The third-order valence-corrected chi connectivity index (χ3v) is 5.71. The van der Waals surface area contributed by atoms with Crippen molar-refractivity contribution in [1.29, 1.82) is 0 Å². The summed E-state index contributed by atoms with van der Waals surface area (Å²) in [7, 11) is 0. The van der Waals surface area contributed by atoms with E-state index < -0.39 is 0 Å². The van der Waals surface area contributed by atoms with Crippen LogP contribution in [0.25, 0.3) is 0 Å². The number of likely N-dealkylation sites (tertiary alicyclic amines) is 1. The summed E-state index contributed by atoms with van der Waals surface area (Å²) in [5.41, 5.74) is 8.71. The van der Waals surface area contributed by atoms with E-state index in [1.807, 2.05) is 0 Å². The number of hydrogen-bond acceptors (Lipinski definition) is 2. The smallest absolute Gasteiger partial charge is 0.225 e. The lowest BCUT2D eigenvalue weighted by Gasteiger charge is -2.33. The van der Waals surface area contributed by atoms with Crippen molar-refractivity contribution in [2.24, 2.45) is 17.6 Å². The van der Waals surface area contributed by atoms with Gasteiger partial charge in [-0.3, -0.25) is 4.79 Å². The van der Waals surface area contributed by atoms with Crippen molar-refractivity contribution >= 4 is 5.91 Å². The molecule has 0 radical (unpaired) electrons. The molecule has 1 aromatic carbocycles. The second kappa shape index (κ2) is 7.48. The lowest BCUT2D eigenvalue weighted by Crippen LogP contribution is -2.41. The van der Waals surface area contributed by atoms with E-state index >= 15 is 0 Å². The molecule has 2 atom stereocenters. The second-order valence-corrected chi connectivity index (χ2v) is 7.56. The Kier molecular flexibility index (Phi) is 5.37. The summed E-state index contributed by atoms with van der Waals surface area (Å²) >= 11 is 0. The van der Waals surface area contributed by atoms with E-state index in [1.54, 1.807) is 0 Å². The van der Waals surface area contributed by atoms with Gasteiger partial charge in [-0.25, -0.2) is 0 Å². The number of carbonyl (C=O) groups is 1. The largest absolute Gasteiger partial charge is 0.342 e. The van der Waals surface area contributed by atoms with Gasteiger partial charge in [-0.1, -0.05) is 29.8 Å². The summed E-state index contributed by atoms with van der Waals surface area (Å²) in [6.07, 6.45) is 7.64. The number of hydrogen-bond donors (Lipinski definition) is 1. The van der Waals surface area contributed by atoms with E-state index in [4.69, 9.17) is 5.73 Å². The Bertz CT molecular complexity index is 517. The molecular formula is C20H30N2O. The molecular weight excluding hydrogens is 284 g/mol. The number of rotatable bonds is 4. The third-order valence-electron chi connectivity index (χ3n) is 5.71. The summed E-state index contributed by atoms with van der Waals surface area (Å²) in [5.74, 6) is 1.34. The van der Waals surface area contributed by atoms with Gasteiger partial charge >= 0.3 is 0 Å². The van der Waals surface area contributed by atoms with Crippen LogP contribution in [0.1, 0.15) is 49.7 Å². The molecule has 2 N–H and O–H groups in total. The molecule has 1 saturated heterocycles.